The van der Waals surface area contributed by atoms with Crippen molar-refractivity contribution in [3.8, 4) is 11.6 Å². The maximum Gasteiger partial charge on any atom is 0.228 e. The predicted octanol–water partition coefficient (Wildman–Crippen LogP) is 5.17. The maximum atomic E-state index is 5.97. The van der Waals surface area contributed by atoms with Gasteiger partial charge in [-0.15, -0.1) is 11.6 Å². The minimum Gasteiger partial charge on any atom is -0.439 e. The summed E-state index contributed by atoms with van der Waals surface area (Å²) in [5, 5.41) is 0.321. The van der Waals surface area contributed by atoms with E-state index in [2.05, 4.69) is 35.9 Å². The van der Waals surface area contributed by atoms with Crippen LogP contribution >= 0.6 is 23.2 Å². The van der Waals surface area contributed by atoms with Gasteiger partial charge in [0.25, 0.3) is 0 Å². The van der Waals surface area contributed by atoms with Crippen molar-refractivity contribution in [3.63, 3.8) is 0 Å². The Labute approximate surface area is 128 Å². The smallest absolute Gasteiger partial charge is 0.228 e. The molecule has 0 aliphatic heterocycles. The Balaban J connectivity index is 2.20. The topological polar surface area (TPSA) is 35.0 Å². The van der Waals surface area contributed by atoms with Crippen molar-refractivity contribution in [1.82, 2.24) is 9.97 Å². The molecule has 1 aromatic heterocycles. The first-order chi connectivity index (χ1) is 9.65. The van der Waals surface area contributed by atoms with Gasteiger partial charge in [0.2, 0.25) is 5.88 Å². The molecule has 0 aliphatic carbocycles. The molecule has 0 saturated heterocycles. The van der Waals surface area contributed by atoms with Gasteiger partial charge in [-0.1, -0.05) is 37.6 Å². The third kappa shape index (κ3) is 3.41. The summed E-state index contributed by atoms with van der Waals surface area (Å²) < 4.78 is 5.73. The number of hydrogen-bond donors (Lipinski definition) is 0. The van der Waals surface area contributed by atoms with Crippen molar-refractivity contribution >= 4 is 23.2 Å². The number of nitrogens with zero attached hydrogens (tertiary/aromatic N) is 2. The molecular weight excluding hydrogens is 295 g/mol. The highest BCUT2D eigenvalue weighted by atomic mass is 35.5. The Hall–Kier alpha value is -1.32. The highest BCUT2D eigenvalue weighted by Gasteiger charge is 2.11. The zero-order valence-corrected chi connectivity index (χ0v) is 12.9. The molecule has 3 nitrogen and oxygen atoms in total. The van der Waals surface area contributed by atoms with Crippen molar-refractivity contribution in [3.05, 3.63) is 46.9 Å². The highest BCUT2D eigenvalue weighted by molar-refractivity contribution is 6.31. The van der Waals surface area contributed by atoms with E-state index in [-0.39, 0.29) is 5.88 Å². The van der Waals surface area contributed by atoms with E-state index in [1.165, 1.54) is 11.9 Å². The largest absolute Gasteiger partial charge is 0.439 e. The first kappa shape index (κ1) is 15.1. The van der Waals surface area contributed by atoms with Gasteiger partial charge in [0.15, 0.2) is 0 Å². The van der Waals surface area contributed by atoms with Crippen molar-refractivity contribution in [1.29, 1.82) is 0 Å². The fourth-order valence-electron chi connectivity index (χ4n) is 1.79. The quantitative estimate of drug-likeness (QED) is 0.564. The first-order valence-corrected chi connectivity index (χ1v) is 7.40. The molecule has 1 unspecified atom stereocenters. The van der Waals surface area contributed by atoms with E-state index in [9.17, 15) is 0 Å². The van der Waals surface area contributed by atoms with Crippen molar-refractivity contribution in [2.75, 3.05) is 0 Å². The molecule has 20 heavy (non-hydrogen) atoms. The van der Waals surface area contributed by atoms with Gasteiger partial charge in [0.05, 0.1) is 11.4 Å². The Morgan fingerprint density at radius 3 is 2.50 bits per heavy atom. The summed E-state index contributed by atoms with van der Waals surface area (Å²) in [7, 11) is 0. The van der Waals surface area contributed by atoms with Crippen LogP contribution in [0.1, 0.15) is 37.3 Å². The van der Waals surface area contributed by atoms with Gasteiger partial charge in [-0.05, 0) is 30.0 Å². The zero-order chi connectivity index (χ0) is 14.5. The van der Waals surface area contributed by atoms with Gasteiger partial charge in [0, 0.05) is 0 Å². The van der Waals surface area contributed by atoms with E-state index >= 15 is 0 Å². The molecule has 0 bridgehead atoms. The van der Waals surface area contributed by atoms with Crippen molar-refractivity contribution < 1.29 is 4.74 Å². The highest BCUT2D eigenvalue weighted by Crippen LogP contribution is 2.29. The number of ether oxygens (including phenoxy) is 1. The summed E-state index contributed by atoms with van der Waals surface area (Å²) in [5.41, 5.74) is 1.89. The van der Waals surface area contributed by atoms with E-state index < -0.39 is 0 Å². The molecule has 5 heteroatoms. The molecule has 1 aromatic carbocycles. The van der Waals surface area contributed by atoms with E-state index in [0.29, 0.717) is 28.3 Å². The van der Waals surface area contributed by atoms with Gasteiger partial charge in [0.1, 0.15) is 17.2 Å². The van der Waals surface area contributed by atoms with Crippen LogP contribution in [0.2, 0.25) is 5.15 Å². The number of rotatable bonds is 5. The summed E-state index contributed by atoms with van der Waals surface area (Å²) in [6, 6.07) is 7.98. The molecule has 1 heterocycles. The average molecular weight is 311 g/mol. The second-order valence-electron chi connectivity index (χ2n) is 4.56. The summed E-state index contributed by atoms with van der Waals surface area (Å²) in [5.74, 6) is 1.85. The van der Waals surface area contributed by atoms with Crippen LogP contribution in [0.5, 0.6) is 11.6 Å². The minimum atomic E-state index is 0.208. The Morgan fingerprint density at radius 2 is 1.90 bits per heavy atom. The lowest BCUT2D eigenvalue weighted by atomic mass is 9.99. The molecule has 106 valence electrons. The lowest BCUT2D eigenvalue weighted by molar-refractivity contribution is 0.456. The summed E-state index contributed by atoms with van der Waals surface area (Å²) in [6.07, 6.45) is 2.47. The van der Waals surface area contributed by atoms with E-state index in [1.807, 2.05) is 12.1 Å². The molecule has 1 atom stereocenters. The molecule has 0 aliphatic rings. The fraction of sp³-hybridized carbons (Fsp3) is 0.333. The molecular formula is C15H16Cl2N2O. The van der Waals surface area contributed by atoms with Crippen molar-refractivity contribution in [2.45, 2.75) is 32.1 Å². The van der Waals surface area contributed by atoms with E-state index in [4.69, 9.17) is 27.9 Å². The summed E-state index contributed by atoms with van der Waals surface area (Å²) in [4.78, 5) is 7.97. The molecule has 0 fully saturated rings. The van der Waals surface area contributed by atoms with Crippen molar-refractivity contribution in [2.24, 2.45) is 0 Å². The lowest BCUT2D eigenvalue weighted by Crippen LogP contribution is -1.96. The molecule has 2 rings (SSSR count). The third-order valence-corrected chi connectivity index (χ3v) is 3.86. The van der Waals surface area contributed by atoms with Gasteiger partial charge < -0.3 is 4.74 Å². The predicted molar refractivity (Wildman–Crippen MR) is 81.8 cm³/mol. The number of aromatic nitrogens is 2. The van der Waals surface area contributed by atoms with Crippen LogP contribution in [-0.4, -0.2) is 9.97 Å². The zero-order valence-electron chi connectivity index (χ0n) is 11.4. The summed E-state index contributed by atoms with van der Waals surface area (Å²) in [6.45, 7) is 4.37. The number of hydrogen-bond acceptors (Lipinski definition) is 3. The molecule has 0 saturated carbocycles. The van der Waals surface area contributed by atoms with Gasteiger partial charge in [-0.3, -0.25) is 0 Å². The molecule has 0 radical (unpaired) electrons. The van der Waals surface area contributed by atoms with E-state index in [0.717, 1.165) is 6.42 Å². The Morgan fingerprint density at radius 1 is 1.20 bits per heavy atom. The minimum absolute atomic E-state index is 0.208. The van der Waals surface area contributed by atoms with Crippen LogP contribution in [0, 0.1) is 0 Å². The molecule has 0 N–H and O–H groups in total. The van der Waals surface area contributed by atoms with Crippen LogP contribution in [0.15, 0.2) is 30.6 Å². The Bertz CT molecular complexity index is 573. The first-order valence-electron chi connectivity index (χ1n) is 6.48. The normalized spacial score (nSPS) is 12.2. The van der Waals surface area contributed by atoms with Crippen LogP contribution in [0.4, 0.5) is 0 Å². The molecule has 0 spiro atoms. The SMILES string of the molecule is CCC(C)c1ccc(Oc2ncnc(Cl)c2CCl)cc1. The van der Waals surface area contributed by atoms with Crippen LogP contribution in [-0.2, 0) is 5.88 Å². The van der Waals surface area contributed by atoms with Gasteiger partial charge in [-0.25, -0.2) is 9.97 Å². The van der Waals surface area contributed by atoms with Crippen LogP contribution < -0.4 is 4.74 Å². The molecule has 2 aromatic rings. The molecule has 0 amide bonds. The Kier molecular flexibility index (Phi) is 5.21. The lowest BCUT2D eigenvalue weighted by Gasteiger charge is -2.11. The average Bonchev–Trinajstić information content (AvgIpc) is 2.47. The maximum absolute atomic E-state index is 5.97. The third-order valence-electron chi connectivity index (χ3n) is 3.26. The van der Waals surface area contributed by atoms with Crippen LogP contribution in [0.3, 0.4) is 0 Å². The number of benzene rings is 1. The van der Waals surface area contributed by atoms with E-state index in [1.54, 1.807) is 0 Å². The second kappa shape index (κ2) is 6.91. The fourth-order valence-corrected chi connectivity index (χ4v) is 2.29. The van der Waals surface area contributed by atoms with Crippen LogP contribution in [0.25, 0.3) is 0 Å². The summed E-state index contributed by atoms with van der Waals surface area (Å²) >= 11 is 11.8. The van der Waals surface area contributed by atoms with Gasteiger partial charge >= 0.3 is 0 Å². The monoisotopic (exact) mass is 310 g/mol. The standard InChI is InChI=1S/C15H16Cl2N2O/c1-3-10(2)11-4-6-12(7-5-11)20-15-13(8-16)14(17)18-9-19-15/h4-7,9-10H,3,8H2,1-2H3. The number of halogens is 2. The number of alkyl halides is 1. The second-order valence-corrected chi connectivity index (χ2v) is 5.19. The van der Waals surface area contributed by atoms with Gasteiger partial charge in [-0.2, -0.15) is 0 Å².